The minimum absolute atomic E-state index is 0.0961. The number of benzene rings is 1. The highest BCUT2D eigenvalue weighted by atomic mass is 35.5. The first-order valence-corrected chi connectivity index (χ1v) is 7.86. The Kier molecular flexibility index (Phi) is 4.18. The van der Waals surface area contributed by atoms with Gasteiger partial charge in [-0.2, -0.15) is 0 Å². The van der Waals surface area contributed by atoms with Crippen LogP contribution in [0.2, 0.25) is 5.02 Å². The molecule has 2 aliphatic rings. The van der Waals surface area contributed by atoms with Gasteiger partial charge in [0.05, 0.1) is 5.02 Å². The number of fused-ring (bicyclic) bond motifs is 1. The second kappa shape index (κ2) is 5.93. The van der Waals surface area contributed by atoms with E-state index in [1.165, 1.54) is 12.5 Å². The molecule has 1 aliphatic carbocycles. The largest absolute Gasteiger partial charge is 0.480 e. The molecule has 2 fully saturated rings. The van der Waals surface area contributed by atoms with E-state index in [-0.39, 0.29) is 5.02 Å². The molecule has 1 aliphatic heterocycles. The Labute approximate surface area is 128 Å². The van der Waals surface area contributed by atoms with E-state index in [0.29, 0.717) is 18.5 Å². The molecule has 5 heteroatoms. The van der Waals surface area contributed by atoms with Crippen molar-refractivity contribution in [1.29, 1.82) is 0 Å². The number of likely N-dealkylation sites (tertiary alicyclic amines) is 1. The van der Waals surface area contributed by atoms with Gasteiger partial charge >= 0.3 is 5.97 Å². The summed E-state index contributed by atoms with van der Waals surface area (Å²) >= 11 is 5.83. The van der Waals surface area contributed by atoms with Crippen molar-refractivity contribution in [3.05, 3.63) is 34.6 Å². The molecule has 3 nitrogen and oxygen atoms in total. The van der Waals surface area contributed by atoms with Crippen LogP contribution in [0.15, 0.2) is 18.2 Å². The summed E-state index contributed by atoms with van der Waals surface area (Å²) in [6, 6.07) is 4.55. The van der Waals surface area contributed by atoms with Crippen LogP contribution in [0.4, 0.5) is 4.39 Å². The van der Waals surface area contributed by atoms with Gasteiger partial charge in [0.1, 0.15) is 11.9 Å². The van der Waals surface area contributed by atoms with Gasteiger partial charge in [-0.25, -0.2) is 4.39 Å². The summed E-state index contributed by atoms with van der Waals surface area (Å²) in [5.74, 6) is -0.708. The van der Waals surface area contributed by atoms with E-state index in [0.717, 1.165) is 31.2 Å². The first kappa shape index (κ1) is 14.8. The molecule has 1 saturated carbocycles. The Hall–Kier alpha value is -1.13. The lowest BCUT2D eigenvalue weighted by molar-refractivity contribution is -0.142. The molecular weight excluding hydrogens is 293 g/mol. The minimum Gasteiger partial charge on any atom is -0.480 e. The highest BCUT2D eigenvalue weighted by Gasteiger charge is 2.44. The lowest BCUT2D eigenvalue weighted by atomic mass is 9.84. The maximum atomic E-state index is 13.2. The molecular formula is C16H19ClFNO2. The average molecular weight is 312 g/mol. The highest BCUT2D eigenvalue weighted by molar-refractivity contribution is 6.30. The molecule has 21 heavy (non-hydrogen) atoms. The van der Waals surface area contributed by atoms with Gasteiger partial charge in [-0.05, 0) is 42.9 Å². The van der Waals surface area contributed by atoms with Gasteiger partial charge in [0, 0.05) is 12.6 Å². The van der Waals surface area contributed by atoms with Gasteiger partial charge < -0.3 is 5.11 Å². The molecule has 1 N–H and O–H groups in total. The number of hydrogen-bond acceptors (Lipinski definition) is 2. The third-order valence-electron chi connectivity index (χ3n) is 4.86. The third-order valence-corrected chi connectivity index (χ3v) is 5.15. The van der Waals surface area contributed by atoms with Crippen LogP contribution in [0.3, 0.4) is 0 Å². The number of hydrogen-bond donors (Lipinski definition) is 1. The van der Waals surface area contributed by atoms with E-state index in [2.05, 4.69) is 4.90 Å². The van der Waals surface area contributed by atoms with Crippen molar-refractivity contribution in [3.8, 4) is 0 Å². The normalized spacial score (nSPS) is 29.3. The summed E-state index contributed by atoms with van der Waals surface area (Å²) in [4.78, 5) is 13.6. The van der Waals surface area contributed by atoms with Gasteiger partial charge in [0.2, 0.25) is 0 Å². The van der Waals surface area contributed by atoms with Gasteiger partial charge in [0.25, 0.3) is 0 Å². The van der Waals surface area contributed by atoms with E-state index >= 15 is 0 Å². The Morgan fingerprint density at radius 2 is 2.14 bits per heavy atom. The smallest absolute Gasteiger partial charge is 0.320 e. The Balaban J connectivity index is 1.82. The average Bonchev–Trinajstić information content (AvgIpc) is 2.82. The van der Waals surface area contributed by atoms with Crippen molar-refractivity contribution < 1.29 is 14.3 Å². The van der Waals surface area contributed by atoms with E-state index in [1.54, 1.807) is 12.1 Å². The molecule has 0 bridgehead atoms. The lowest BCUT2D eigenvalue weighted by Gasteiger charge is -2.33. The number of halogens is 2. The molecule has 3 rings (SSSR count). The fourth-order valence-corrected chi connectivity index (χ4v) is 4.07. The molecule has 0 aromatic heterocycles. The zero-order chi connectivity index (χ0) is 15.0. The molecule has 1 heterocycles. The SMILES string of the molecule is O=C(O)C1CC2CCCCC2N1Cc1ccc(F)c(Cl)c1. The van der Waals surface area contributed by atoms with E-state index < -0.39 is 17.8 Å². The van der Waals surface area contributed by atoms with Gasteiger partial charge in [-0.1, -0.05) is 30.5 Å². The summed E-state index contributed by atoms with van der Waals surface area (Å²) in [7, 11) is 0. The first-order chi connectivity index (χ1) is 10.1. The molecule has 114 valence electrons. The van der Waals surface area contributed by atoms with Crippen molar-refractivity contribution in [2.24, 2.45) is 5.92 Å². The fourth-order valence-electron chi connectivity index (χ4n) is 3.87. The van der Waals surface area contributed by atoms with Crippen LogP contribution >= 0.6 is 11.6 Å². The highest BCUT2D eigenvalue weighted by Crippen LogP contribution is 2.40. The summed E-state index contributed by atoms with van der Waals surface area (Å²) in [6.45, 7) is 0.526. The fraction of sp³-hybridized carbons (Fsp3) is 0.562. The Morgan fingerprint density at radius 3 is 2.86 bits per heavy atom. The van der Waals surface area contributed by atoms with Gasteiger partial charge in [0.15, 0.2) is 0 Å². The molecule has 1 saturated heterocycles. The van der Waals surface area contributed by atoms with Crippen LogP contribution in [-0.2, 0) is 11.3 Å². The number of carboxylic acid groups (broad SMARTS) is 1. The molecule has 1 aromatic rings. The van der Waals surface area contributed by atoms with E-state index in [1.807, 2.05) is 0 Å². The van der Waals surface area contributed by atoms with Crippen LogP contribution in [0.1, 0.15) is 37.7 Å². The molecule has 0 amide bonds. The van der Waals surface area contributed by atoms with E-state index in [4.69, 9.17) is 11.6 Å². The van der Waals surface area contributed by atoms with Crippen LogP contribution in [-0.4, -0.2) is 28.1 Å². The second-order valence-electron chi connectivity index (χ2n) is 6.12. The summed E-state index contributed by atoms with van der Waals surface area (Å²) in [5, 5.41) is 9.58. The zero-order valence-corrected chi connectivity index (χ0v) is 12.5. The zero-order valence-electron chi connectivity index (χ0n) is 11.8. The standard InChI is InChI=1S/C16H19ClFNO2/c17-12-7-10(5-6-13(12)18)9-19-14-4-2-1-3-11(14)8-15(19)16(20)21/h5-7,11,14-15H,1-4,8-9H2,(H,20,21). The number of carbonyl (C=O) groups is 1. The van der Waals surface area contributed by atoms with Crippen LogP contribution in [0.5, 0.6) is 0 Å². The van der Waals surface area contributed by atoms with Crippen molar-refractivity contribution in [1.82, 2.24) is 4.90 Å². The number of nitrogens with zero attached hydrogens (tertiary/aromatic N) is 1. The number of aliphatic carboxylic acids is 1. The molecule has 0 spiro atoms. The molecule has 3 atom stereocenters. The van der Waals surface area contributed by atoms with E-state index in [9.17, 15) is 14.3 Å². The van der Waals surface area contributed by atoms with Gasteiger partial charge in [-0.3, -0.25) is 9.69 Å². The Bertz CT molecular complexity index is 551. The van der Waals surface area contributed by atoms with Crippen molar-refractivity contribution in [3.63, 3.8) is 0 Å². The topological polar surface area (TPSA) is 40.5 Å². The summed E-state index contributed by atoms with van der Waals surface area (Å²) in [6.07, 6.45) is 5.27. The quantitative estimate of drug-likeness (QED) is 0.925. The minimum atomic E-state index is -0.752. The summed E-state index contributed by atoms with van der Waals surface area (Å²) < 4.78 is 13.2. The molecule has 1 aromatic carbocycles. The lowest BCUT2D eigenvalue weighted by Crippen LogP contribution is -2.41. The van der Waals surface area contributed by atoms with Gasteiger partial charge in [-0.15, -0.1) is 0 Å². The molecule has 0 radical (unpaired) electrons. The third kappa shape index (κ3) is 2.92. The number of carboxylic acids is 1. The Morgan fingerprint density at radius 1 is 1.38 bits per heavy atom. The van der Waals surface area contributed by atoms with Crippen LogP contribution in [0.25, 0.3) is 0 Å². The summed E-state index contributed by atoms with van der Waals surface area (Å²) in [5.41, 5.74) is 0.874. The predicted molar refractivity (Wildman–Crippen MR) is 78.7 cm³/mol. The maximum Gasteiger partial charge on any atom is 0.320 e. The van der Waals surface area contributed by atoms with Crippen LogP contribution < -0.4 is 0 Å². The number of rotatable bonds is 3. The monoisotopic (exact) mass is 311 g/mol. The first-order valence-electron chi connectivity index (χ1n) is 7.48. The predicted octanol–water partition coefficient (Wildman–Crippen LogP) is 3.70. The van der Waals surface area contributed by atoms with Crippen molar-refractivity contribution in [2.75, 3.05) is 0 Å². The van der Waals surface area contributed by atoms with Crippen molar-refractivity contribution >= 4 is 17.6 Å². The van der Waals surface area contributed by atoms with Crippen molar-refractivity contribution in [2.45, 2.75) is 50.7 Å². The molecule has 3 unspecified atom stereocenters. The maximum absolute atomic E-state index is 13.2. The van der Waals surface area contributed by atoms with Crippen LogP contribution in [0, 0.1) is 11.7 Å². The second-order valence-corrected chi connectivity index (χ2v) is 6.53.